The Labute approximate surface area is 255 Å². The summed E-state index contributed by atoms with van der Waals surface area (Å²) in [4.78, 5) is 46.9. The SMILES string of the molecule is C=C[C@@H](C[C@H](O)[C@H](CC1CCCCC1)NC(=O)[C@H](Cc1cnc[nH]1)NC(=O)[C@@H](CC(=O)NN)Cc1ccccc1)C(C)C. The Kier molecular flexibility index (Phi) is 13.9. The van der Waals surface area contributed by atoms with Crippen LogP contribution < -0.4 is 21.9 Å². The molecule has 1 saturated carbocycles. The first kappa shape index (κ1) is 34.0. The maximum Gasteiger partial charge on any atom is 0.243 e. The Morgan fingerprint density at radius 3 is 2.42 bits per heavy atom. The molecule has 1 aromatic heterocycles. The lowest BCUT2D eigenvalue weighted by atomic mass is 9.81. The van der Waals surface area contributed by atoms with Gasteiger partial charge >= 0.3 is 0 Å². The van der Waals surface area contributed by atoms with Gasteiger partial charge in [0.1, 0.15) is 6.04 Å². The third-order valence-corrected chi connectivity index (χ3v) is 8.68. The van der Waals surface area contributed by atoms with Crippen LogP contribution in [0.15, 0.2) is 55.5 Å². The van der Waals surface area contributed by atoms with E-state index in [1.807, 2.05) is 36.4 Å². The zero-order valence-electron chi connectivity index (χ0n) is 25.6. The average Bonchev–Trinajstić information content (AvgIpc) is 3.52. The molecule has 43 heavy (non-hydrogen) atoms. The number of aliphatic hydroxyl groups is 1. The summed E-state index contributed by atoms with van der Waals surface area (Å²) in [5, 5.41) is 17.4. The predicted molar refractivity (Wildman–Crippen MR) is 167 cm³/mol. The summed E-state index contributed by atoms with van der Waals surface area (Å²) in [7, 11) is 0. The molecule has 10 nitrogen and oxygen atoms in total. The third kappa shape index (κ3) is 11.3. The number of hydrogen-bond donors (Lipinski definition) is 6. The molecule has 2 aromatic rings. The van der Waals surface area contributed by atoms with Gasteiger partial charge in [-0.2, -0.15) is 0 Å². The molecule has 0 radical (unpaired) electrons. The van der Waals surface area contributed by atoms with E-state index in [-0.39, 0.29) is 24.7 Å². The van der Waals surface area contributed by atoms with E-state index < -0.39 is 35.9 Å². The Bertz CT molecular complexity index is 1130. The molecule has 1 aromatic carbocycles. The maximum absolute atomic E-state index is 13.9. The van der Waals surface area contributed by atoms with Gasteiger partial charge in [-0.15, -0.1) is 6.58 Å². The van der Waals surface area contributed by atoms with Crippen molar-refractivity contribution in [3.8, 4) is 0 Å². The van der Waals surface area contributed by atoms with Gasteiger partial charge in [-0.05, 0) is 42.6 Å². The summed E-state index contributed by atoms with van der Waals surface area (Å²) < 4.78 is 0. The summed E-state index contributed by atoms with van der Waals surface area (Å²) in [6.45, 7) is 8.15. The number of nitrogens with two attached hydrogens (primary N) is 1. The highest BCUT2D eigenvalue weighted by atomic mass is 16.3. The number of hydrogen-bond acceptors (Lipinski definition) is 6. The van der Waals surface area contributed by atoms with Gasteiger partial charge in [-0.1, -0.05) is 82.4 Å². The molecule has 0 aliphatic heterocycles. The van der Waals surface area contributed by atoms with Crippen molar-refractivity contribution >= 4 is 17.7 Å². The number of carbonyl (C=O) groups is 3. The molecule has 1 heterocycles. The van der Waals surface area contributed by atoms with Gasteiger partial charge in [0.2, 0.25) is 17.7 Å². The normalized spacial score (nSPS) is 17.3. The van der Waals surface area contributed by atoms with Crippen LogP contribution in [0, 0.1) is 23.7 Å². The number of rotatable bonds is 17. The molecule has 1 fully saturated rings. The van der Waals surface area contributed by atoms with Crippen LogP contribution in [0.3, 0.4) is 0 Å². The first-order valence-electron chi connectivity index (χ1n) is 15.6. The molecule has 3 rings (SSSR count). The van der Waals surface area contributed by atoms with Gasteiger partial charge in [0.25, 0.3) is 0 Å². The van der Waals surface area contributed by atoms with E-state index in [1.54, 1.807) is 6.20 Å². The van der Waals surface area contributed by atoms with Crippen molar-refractivity contribution < 1.29 is 19.5 Å². The summed E-state index contributed by atoms with van der Waals surface area (Å²) in [6, 6.07) is 7.98. The van der Waals surface area contributed by atoms with E-state index in [9.17, 15) is 19.5 Å². The summed E-state index contributed by atoms with van der Waals surface area (Å²) in [6.07, 6.45) is 11.4. The van der Waals surface area contributed by atoms with Crippen LogP contribution in [0.25, 0.3) is 0 Å². The van der Waals surface area contributed by atoms with Gasteiger partial charge in [0, 0.05) is 24.7 Å². The second kappa shape index (κ2) is 17.6. The highest BCUT2D eigenvalue weighted by Gasteiger charge is 2.33. The number of nitrogens with zero attached hydrogens (tertiary/aromatic N) is 1. The second-order valence-corrected chi connectivity index (χ2v) is 12.3. The molecule has 7 N–H and O–H groups in total. The number of aromatic amines is 1. The van der Waals surface area contributed by atoms with E-state index in [0.29, 0.717) is 36.8 Å². The number of imidazole rings is 1. The number of benzene rings is 1. The minimum Gasteiger partial charge on any atom is -0.391 e. The van der Waals surface area contributed by atoms with Crippen molar-refractivity contribution in [2.45, 2.75) is 96.2 Å². The number of amides is 3. The van der Waals surface area contributed by atoms with Gasteiger partial charge in [0.05, 0.1) is 24.4 Å². The molecule has 5 atom stereocenters. The van der Waals surface area contributed by atoms with Crippen LogP contribution in [-0.4, -0.2) is 51.0 Å². The van der Waals surface area contributed by atoms with Crippen LogP contribution in [-0.2, 0) is 27.2 Å². The largest absolute Gasteiger partial charge is 0.391 e. The van der Waals surface area contributed by atoms with E-state index in [4.69, 9.17) is 5.84 Å². The van der Waals surface area contributed by atoms with Crippen molar-refractivity contribution in [1.29, 1.82) is 0 Å². The lowest BCUT2D eigenvalue weighted by Gasteiger charge is -2.33. The fraction of sp³-hybridized carbons (Fsp3) is 0.576. The molecule has 0 bridgehead atoms. The number of aromatic nitrogens is 2. The number of H-pyrrole nitrogens is 1. The highest BCUT2D eigenvalue weighted by Crippen LogP contribution is 2.30. The third-order valence-electron chi connectivity index (χ3n) is 8.68. The number of carbonyl (C=O) groups excluding carboxylic acids is 3. The van der Waals surface area contributed by atoms with Gasteiger partial charge in [0.15, 0.2) is 0 Å². The lowest BCUT2D eigenvalue weighted by Crippen LogP contribution is -2.55. The Morgan fingerprint density at radius 2 is 1.81 bits per heavy atom. The van der Waals surface area contributed by atoms with Crippen molar-refractivity contribution in [1.82, 2.24) is 26.0 Å². The van der Waals surface area contributed by atoms with E-state index in [1.165, 1.54) is 12.7 Å². The molecule has 1 aliphatic carbocycles. The van der Waals surface area contributed by atoms with E-state index in [0.717, 1.165) is 31.2 Å². The minimum absolute atomic E-state index is 0.105. The van der Waals surface area contributed by atoms with Gasteiger partial charge in [-0.3, -0.25) is 19.8 Å². The highest BCUT2D eigenvalue weighted by molar-refractivity contribution is 5.91. The number of allylic oxidation sites excluding steroid dienone is 1. The Balaban J connectivity index is 1.81. The average molecular weight is 595 g/mol. The van der Waals surface area contributed by atoms with Crippen LogP contribution in [0.2, 0.25) is 0 Å². The number of nitrogens with one attached hydrogen (secondary N) is 4. The summed E-state index contributed by atoms with van der Waals surface area (Å²) in [5.41, 5.74) is 3.67. The molecule has 0 saturated heterocycles. The quantitative estimate of drug-likeness (QED) is 0.0712. The zero-order valence-corrected chi connectivity index (χ0v) is 25.6. The van der Waals surface area contributed by atoms with Crippen LogP contribution in [0.4, 0.5) is 0 Å². The fourth-order valence-corrected chi connectivity index (χ4v) is 6.02. The maximum atomic E-state index is 13.9. The molecule has 3 amide bonds. The molecule has 236 valence electrons. The zero-order chi connectivity index (χ0) is 31.2. The van der Waals surface area contributed by atoms with Gasteiger partial charge < -0.3 is 20.7 Å². The van der Waals surface area contributed by atoms with Crippen molar-refractivity contribution in [2.24, 2.45) is 29.5 Å². The van der Waals surface area contributed by atoms with E-state index >= 15 is 0 Å². The molecule has 0 spiro atoms. The minimum atomic E-state index is -0.950. The first-order chi connectivity index (χ1) is 20.7. The Hall–Kier alpha value is -3.50. The standard InChI is InChI=1S/C33H50N6O4/c1-4-25(22(2)3)17-30(40)28(16-24-13-9-6-10-14-24)37-33(43)29(19-27-20-35-21-36-27)38-32(42)26(18-31(41)39-34)15-23-11-7-5-8-12-23/h4-5,7-8,11-12,20-22,24-26,28-30,40H,1,6,9-10,13-19,34H2,2-3H3,(H,35,36)(H,37,43)(H,38,42)(H,39,41)/t25-,26+,28-,29-,30-/m0/s1. The molecule has 0 unspecified atom stereocenters. The smallest absolute Gasteiger partial charge is 0.243 e. The molecule has 10 heteroatoms. The topological polar surface area (TPSA) is 162 Å². The van der Waals surface area contributed by atoms with Gasteiger partial charge in [-0.25, -0.2) is 10.8 Å². The number of aliphatic hydroxyl groups excluding tert-OH is 1. The van der Waals surface area contributed by atoms with Crippen molar-refractivity contribution in [2.75, 3.05) is 0 Å². The van der Waals surface area contributed by atoms with Crippen molar-refractivity contribution in [3.63, 3.8) is 0 Å². The second-order valence-electron chi connectivity index (χ2n) is 12.3. The predicted octanol–water partition coefficient (Wildman–Crippen LogP) is 3.34. The first-order valence-corrected chi connectivity index (χ1v) is 15.6. The summed E-state index contributed by atoms with van der Waals surface area (Å²) >= 11 is 0. The fourth-order valence-electron chi connectivity index (χ4n) is 6.02. The van der Waals surface area contributed by atoms with Crippen LogP contribution >= 0.6 is 0 Å². The molecular formula is C33H50N6O4. The van der Waals surface area contributed by atoms with Crippen LogP contribution in [0.1, 0.15) is 76.5 Å². The van der Waals surface area contributed by atoms with Crippen molar-refractivity contribution in [3.05, 3.63) is 66.8 Å². The summed E-state index contributed by atoms with van der Waals surface area (Å²) in [5.74, 6) is 4.14. The molecule has 1 aliphatic rings. The lowest BCUT2D eigenvalue weighted by molar-refractivity contribution is -0.134. The molecular weight excluding hydrogens is 544 g/mol. The number of hydrazine groups is 1. The van der Waals surface area contributed by atoms with Crippen LogP contribution in [0.5, 0.6) is 0 Å². The monoisotopic (exact) mass is 594 g/mol. The van der Waals surface area contributed by atoms with E-state index in [2.05, 4.69) is 46.5 Å². The Morgan fingerprint density at radius 1 is 1.09 bits per heavy atom.